The van der Waals surface area contributed by atoms with Crippen molar-refractivity contribution in [3.8, 4) is 0 Å². The van der Waals surface area contributed by atoms with Crippen molar-refractivity contribution >= 4 is 29.0 Å². The molecule has 1 saturated carbocycles. The number of nitrogens with one attached hydrogen (secondary N) is 3. The van der Waals surface area contributed by atoms with Gasteiger partial charge in [0.1, 0.15) is 29.7 Å². The maximum atomic E-state index is 12.3. The number of aliphatic hydroxyl groups excluding tert-OH is 2. The Morgan fingerprint density at radius 1 is 1.19 bits per heavy atom. The van der Waals surface area contributed by atoms with Crippen molar-refractivity contribution in [3.05, 3.63) is 12.7 Å². The van der Waals surface area contributed by atoms with Crippen molar-refractivity contribution < 1.29 is 24.5 Å². The molecule has 2 amide bonds. The SMILES string of the molecule is CNc1ncnc2c1ncn2[C@H]1CC[C@H](NC(=O)CCNC(=O)OC(C)(C)C)[C@H](O)[C@H]1O. The molecule has 0 bridgehead atoms. The molecule has 0 unspecified atom stereocenters. The van der Waals surface area contributed by atoms with Crippen LogP contribution in [0.3, 0.4) is 0 Å². The van der Waals surface area contributed by atoms with Gasteiger partial charge in [-0.1, -0.05) is 0 Å². The summed E-state index contributed by atoms with van der Waals surface area (Å²) in [5, 5.41) is 29.6. The Morgan fingerprint density at radius 2 is 1.94 bits per heavy atom. The van der Waals surface area contributed by atoms with Crippen LogP contribution in [0.5, 0.6) is 0 Å². The maximum Gasteiger partial charge on any atom is 0.407 e. The van der Waals surface area contributed by atoms with E-state index >= 15 is 0 Å². The van der Waals surface area contributed by atoms with Gasteiger partial charge >= 0.3 is 6.09 Å². The Morgan fingerprint density at radius 3 is 2.62 bits per heavy atom. The number of imidazole rings is 1. The number of amides is 2. The summed E-state index contributed by atoms with van der Waals surface area (Å²) in [4.78, 5) is 36.6. The molecule has 0 radical (unpaired) electrons. The fraction of sp³-hybridized carbons (Fsp3) is 0.650. The van der Waals surface area contributed by atoms with Gasteiger partial charge in [-0.15, -0.1) is 0 Å². The van der Waals surface area contributed by atoms with Crippen LogP contribution >= 0.6 is 0 Å². The lowest BCUT2D eigenvalue weighted by Gasteiger charge is -2.38. The first-order valence-electron chi connectivity index (χ1n) is 10.6. The van der Waals surface area contributed by atoms with Crippen molar-refractivity contribution in [1.29, 1.82) is 0 Å². The Hall–Kier alpha value is -2.99. The number of hydrogen-bond acceptors (Lipinski definition) is 9. The molecule has 5 N–H and O–H groups in total. The molecule has 0 aliphatic heterocycles. The third kappa shape index (κ3) is 5.43. The Labute approximate surface area is 185 Å². The molecule has 1 aliphatic rings. The van der Waals surface area contributed by atoms with Gasteiger partial charge in [-0.05, 0) is 33.6 Å². The summed E-state index contributed by atoms with van der Waals surface area (Å²) in [6.07, 6.45) is 1.08. The van der Waals surface area contributed by atoms with Gasteiger partial charge in [0.2, 0.25) is 5.91 Å². The second-order valence-electron chi connectivity index (χ2n) is 8.77. The van der Waals surface area contributed by atoms with Gasteiger partial charge in [0.25, 0.3) is 0 Å². The van der Waals surface area contributed by atoms with E-state index in [4.69, 9.17) is 4.74 Å². The van der Waals surface area contributed by atoms with Crippen LogP contribution in [0, 0.1) is 0 Å². The van der Waals surface area contributed by atoms with Gasteiger partial charge in [0, 0.05) is 20.0 Å². The van der Waals surface area contributed by atoms with E-state index in [-0.39, 0.29) is 18.9 Å². The average molecular weight is 450 g/mol. The van der Waals surface area contributed by atoms with Crippen molar-refractivity contribution in [1.82, 2.24) is 30.2 Å². The van der Waals surface area contributed by atoms with E-state index in [1.807, 2.05) is 0 Å². The first-order chi connectivity index (χ1) is 15.1. The molecule has 2 aromatic heterocycles. The fourth-order valence-corrected chi connectivity index (χ4v) is 3.77. The Kier molecular flexibility index (Phi) is 7.14. The zero-order valence-corrected chi connectivity index (χ0v) is 18.7. The number of carbonyl (C=O) groups is 2. The quantitative estimate of drug-likeness (QED) is 0.418. The molecule has 1 aliphatic carbocycles. The number of hydrogen-bond donors (Lipinski definition) is 5. The zero-order chi connectivity index (χ0) is 23.5. The lowest BCUT2D eigenvalue weighted by atomic mass is 9.85. The Bertz CT molecular complexity index is 957. The van der Waals surface area contributed by atoms with Crippen LogP contribution in [-0.4, -0.2) is 79.2 Å². The summed E-state index contributed by atoms with van der Waals surface area (Å²) >= 11 is 0. The normalized spacial score (nSPS) is 23.6. The monoisotopic (exact) mass is 449 g/mol. The van der Waals surface area contributed by atoms with Crippen molar-refractivity contribution in [3.63, 3.8) is 0 Å². The molecular formula is C20H31N7O5. The maximum absolute atomic E-state index is 12.3. The van der Waals surface area contributed by atoms with E-state index in [0.29, 0.717) is 29.8 Å². The van der Waals surface area contributed by atoms with Gasteiger partial charge in [-0.2, -0.15) is 0 Å². The minimum Gasteiger partial charge on any atom is -0.444 e. The molecular weight excluding hydrogens is 418 g/mol. The molecule has 12 heteroatoms. The van der Waals surface area contributed by atoms with Gasteiger partial charge in [-0.3, -0.25) is 4.79 Å². The number of aromatic nitrogens is 4. The highest BCUT2D eigenvalue weighted by Gasteiger charge is 2.39. The highest BCUT2D eigenvalue weighted by molar-refractivity contribution is 5.82. The fourth-order valence-electron chi connectivity index (χ4n) is 3.77. The summed E-state index contributed by atoms with van der Waals surface area (Å²) < 4.78 is 6.85. The minimum atomic E-state index is -1.17. The summed E-state index contributed by atoms with van der Waals surface area (Å²) in [5.41, 5.74) is 0.507. The molecule has 4 atom stereocenters. The van der Waals surface area contributed by atoms with Crippen LogP contribution in [0.15, 0.2) is 12.7 Å². The predicted octanol–water partition coefficient (Wildman–Crippen LogP) is 0.324. The number of anilines is 1. The van der Waals surface area contributed by atoms with Crippen LogP contribution in [0.2, 0.25) is 0 Å². The average Bonchev–Trinajstić information content (AvgIpc) is 3.14. The summed E-state index contributed by atoms with van der Waals surface area (Å²) in [6.45, 7) is 5.35. The summed E-state index contributed by atoms with van der Waals surface area (Å²) in [5.74, 6) is 0.236. The largest absolute Gasteiger partial charge is 0.444 e. The van der Waals surface area contributed by atoms with Crippen LogP contribution in [0.4, 0.5) is 10.6 Å². The number of alkyl carbamates (subject to hydrolysis) is 1. The number of aliphatic hydroxyl groups is 2. The van der Waals surface area contributed by atoms with Crippen molar-refractivity contribution in [2.24, 2.45) is 0 Å². The van der Waals surface area contributed by atoms with Gasteiger partial charge < -0.3 is 35.5 Å². The van der Waals surface area contributed by atoms with Crippen molar-refractivity contribution in [2.45, 2.75) is 69.9 Å². The smallest absolute Gasteiger partial charge is 0.407 e. The van der Waals surface area contributed by atoms with E-state index in [9.17, 15) is 19.8 Å². The second-order valence-corrected chi connectivity index (χ2v) is 8.77. The molecule has 0 spiro atoms. The van der Waals surface area contributed by atoms with E-state index in [0.717, 1.165) is 0 Å². The molecule has 0 saturated heterocycles. The second kappa shape index (κ2) is 9.65. The lowest BCUT2D eigenvalue weighted by Crippen LogP contribution is -2.54. The van der Waals surface area contributed by atoms with Gasteiger partial charge in [0.15, 0.2) is 11.5 Å². The molecule has 176 valence electrons. The topological polar surface area (TPSA) is 164 Å². The third-order valence-electron chi connectivity index (χ3n) is 5.25. The minimum absolute atomic E-state index is 0.0257. The van der Waals surface area contributed by atoms with E-state index in [1.54, 1.807) is 38.7 Å². The number of rotatable bonds is 6. The van der Waals surface area contributed by atoms with E-state index in [2.05, 4.69) is 30.9 Å². The van der Waals surface area contributed by atoms with Crippen molar-refractivity contribution in [2.75, 3.05) is 18.9 Å². The number of fused-ring (bicyclic) bond motifs is 1. The first-order valence-corrected chi connectivity index (χ1v) is 10.6. The van der Waals surface area contributed by atoms with Gasteiger partial charge in [-0.25, -0.2) is 19.7 Å². The third-order valence-corrected chi connectivity index (χ3v) is 5.25. The number of nitrogens with zero attached hydrogens (tertiary/aromatic N) is 4. The zero-order valence-electron chi connectivity index (χ0n) is 18.7. The summed E-state index contributed by atoms with van der Waals surface area (Å²) in [7, 11) is 1.73. The molecule has 0 aromatic carbocycles. The number of carbonyl (C=O) groups excluding carboxylic acids is 2. The van der Waals surface area contributed by atoms with E-state index in [1.165, 1.54) is 6.33 Å². The highest BCUT2D eigenvalue weighted by atomic mass is 16.6. The molecule has 12 nitrogen and oxygen atoms in total. The number of ether oxygens (including phenoxy) is 1. The predicted molar refractivity (Wildman–Crippen MR) is 116 cm³/mol. The van der Waals surface area contributed by atoms with E-state index < -0.39 is 36.0 Å². The molecule has 3 rings (SSSR count). The lowest BCUT2D eigenvalue weighted by molar-refractivity contribution is -0.125. The molecule has 1 fully saturated rings. The van der Waals surface area contributed by atoms with Crippen LogP contribution in [0.25, 0.3) is 11.2 Å². The van der Waals surface area contributed by atoms with Crippen LogP contribution < -0.4 is 16.0 Å². The first kappa shape index (κ1) is 23.7. The highest BCUT2D eigenvalue weighted by Crippen LogP contribution is 2.32. The molecule has 2 heterocycles. The Balaban J connectivity index is 1.55. The molecule has 32 heavy (non-hydrogen) atoms. The molecule has 2 aromatic rings. The van der Waals surface area contributed by atoms with Crippen LogP contribution in [-0.2, 0) is 9.53 Å². The van der Waals surface area contributed by atoms with Crippen LogP contribution in [0.1, 0.15) is 46.1 Å². The summed E-state index contributed by atoms with van der Waals surface area (Å²) in [6, 6.07) is -1.05. The van der Waals surface area contributed by atoms with Gasteiger partial charge in [0.05, 0.1) is 18.4 Å². The standard InChI is InChI=1S/C20H31N7O5/c1-20(2,3)32-19(31)22-8-7-13(28)26-11-5-6-12(16(30)15(11)29)27-10-25-14-17(21-4)23-9-24-18(14)27/h9-12,15-16,29-30H,5-8H2,1-4H3,(H,22,31)(H,26,28)(H,21,23,24)/t11-,12-,15-,16-/m0/s1.